The van der Waals surface area contributed by atoms with Crippen LogP contribution in [0.25, 0.3) is 0 Å². The number of phenolic OH excluding ortho intramolecular Hbond substituents is 1. The molecule has 0 bridgehead atoms. The first-order chi connectivity index (χ1) is 14.5. The Bertz CT molecular complexity index is 784. The predicted molar refractivity (Wildman–Crippen MR) is 102 cm³/mol. The molecule has 4 rings (SSSR count). The average molecular weight is 424 g/mol. The Morgan fingerprint density at radius 1 is 1.27 bits per heavy atom. The number of benzene rings is 1. The van der Waals surface area contributed by atoms with Gasteiger partial charge in [0.15, 0.2) is 24.1 Å². The van der Waals surface area contributed by atoms with Crippen molar-refractivity contribution >= 4 is 5.97 Å². The molecule has 1 aromatic carbocycles. The fourth-order valence-electron chi connectivity index (χ4n) is 4.81. The van der Waals surface area contributed by atoms with Crippen LogP contribution in [0.15, 0.2) is 18.2 Å². The fraction of sp³-hybridized carbons (Fsp3) is 0.667. The number of hydrogen-bond donors (Lipinski definition) is 2. The number of aromatic hydroxyl groups is 1. The molecule has 0 unspecified atom stereocenters. The lowest BCUT2D eigenvalue weighted by Gasteiger charge is -2.42. The van der Waals surface area contributed by atoms with E-state index in [9.17, 15) is 15.0 Å². The van der Waals surface area contributed by atoms with Gasteiger partial charge in [0.05, 0.1) is 25.2 Å². The van der Waals surface area contributed by atoms with Crippen LogP contribution in [0.2, 0.25) is 0 Å². The van der Waals surface area contributed by atoms with Crippen molar-refractivity contribution in [3.05, 3.63) is 23.8 Å². The van der Waals surface area contributed by atoms with Crippen LogP contribution in [0.5, 0.6) is 11.5 Å². The molecule has 7 atom stereocenters. The molecule has 2 saturated heterocycles. The van der Waals surface area contributed by atoms with E-state index in [1.54, 1.807) is 0 Å². The molecule has 2 heterocycles. The third kappa shape index (κ3) is 3.44. The summed E-state index contributed by atoms with van der Waals surface area (Å²) in [4.78, 5) is 12.9. The minimum absolute atomic E-state index is 0.0663. The van der Waals surface area contributed by atoms with Gasteiger partial charge in [0.2, 0.25) is 0 Å². The number of carbonyl (C=O) groups excluding carboxylic acids is 1. The van der Waals surface area contributed by atoms with E-state index in [1.165, 1.54) is 25.3 Å². The van der Waals surface area contributed by atoms with Crippen molar-refractivity contribution in [3.63, 3.8) is 0 Å². The zero-order valence-electron chi connectivity index (χ0n) is 17.3. The number of phenols is 1. The van der Waals surface area contributed by atoms with Crippen molar-refractivity contribution in [2.75, 3.05) is 26.9 Å². The molecule has 2 aliphatic heterocycles. The largest absolute Gasteiger partial charge is 0.504 e. The number of fused-ring (bicyclic) bond motifs is 3. The molecule has 3 aliphatic rings. The van der Waals surface area contributed by atoms with E-state index in [0.29, 0.717) is 19.6 Å². The Kier molecular flexibility index (Phi) is 5.91. The minimum atomic E-state index is -0.848. The first-order valence-electron chi connectivity index (χ1n) is 10.2. The predicted octanol–water partition coefficient (Wildman–Crippen LogP) is 1.45. The van der Waals surface area contributed by atoms with Crippen LogP contribution in [0.1, 0.15) is 30.6 Å². The second-order valence-electron chi connectivity index (χ2n) is 7.68. The monoisotopic (exact) mass is 424 g/mol. The summed E-state index contributed by atoms with van der Waals surface area (Å²) in [5, 5.41) is 19.8. The van der Waals surface area contributed by atoms with Crippen LogP contribution in [0.4, 0.5) is 0 Å². The second-order valence-corrected chi connectivity index (χ2v) is 7.68. The van der Waals surface area contributed by atoms with Crippen LogP contribution in [-0.2, 0) is 23.7 Å². The Morgan fingerprint density at radius 2 is 2.03 bits per heavy atom. The van der Waals surface area contributed by atoms with Crippen LogP contribution in [-0.4, -0.2) is 73.5 Å². The van der Waals surface area contributed by atoms with Crippen molar-refractivity contribution in [2.45, 2.75) is 50.7 Å². The van der Waals surface area contributed by atoms with E-state index in [2.05, 4.69) is 0 Å². The summed E-state index contributed by atoms with van der Waals surface area (Å²) in [6.45, 7) is 4.43. The van der Waals surface area contributed by atoms with E-state index in [-0.39, 0.29) is 35.5 Å². The molecular weight excluding hydrogens is 396 g/mol. The van der Waals surface area contributed by atoms with Crippen LogP contribution in [0.3, 0.4) is 0 Å². The van der Waals surface area contributed by atoms with Crippen molar-refractivity contribution in [1.29, 1.82) is 0 Å². The highest BCUT2D eigenvalue weighted by atomic mass is 16.8. The van der Waals surface area contributed by atoms with Gasteiger partial charge in [-0.25, -0.2) is 4.79 Å². The van der Waals surface area contributed by atoms with Crippen LogP contribution >= 0.6 is 0 Å². The van der Waals surface area contributed by atoms with E-state index in [4.69, 9.17) is 28.4 Å². The Hall–Kier alpha value is -1.91. The molecule has 1 aromatic rings. The van der Waals surface area contributed by atoms with Crippen molar-refractivity contribution in [3.8, 4) is 11.5 Å². The van der Waals surface area contributed by atoms with Gasteiger partial charge in [-0.15, -0.1) is 0 Å². The molecule has 3 fully saturated rings. The molecule has 0 radical (unpaired) electrons. The maximum atomic E-state index is 12.9. The summed E-state index contributed by atoms with van der Waals surface area (Å²) in [5.74, 6) is -0.880. The number of aliphatic hydroxyl groups is 1. The van der Waals surface area contributed by atoms with E-state index in [1.807, 2.05) is 13.8 Å². The normalized spacial score (nSPS) is 36.7. The molecule has 2 N–H and O–H groups in total. The molecule has 30 heavy (non-hydrogen) atoms. The summed E-state index contributed by atoms with van der Waals surface area (Å²) < 4.78 is 34.2. The van der Waals surface area contributed by atoms with Gasteiger partial charge in [-0.3, -0.25) is 0 Å². The fourth-order valence-corrected chi connectivity index (χ4v) is 4.81. The molecule has 166 valence electrons. The number of ether oxygens (including phenoxy) is 6. The summed E-state index contributed by atoms with van der Waals surface area (Å²) in [5.41, 5.74) is -0.600. The average Bonchev–Trinajstić information content (AvgIpc) is 3.41. The highest BCUT2D eigenvalue weighted by molar-refractivity contribution is 5.90. The molecule has 9 heteroatoms. The summed E-state index contributed by atoms with van der Waals surface area (Å²) in [6, 6.07) is 4.27. The molecule has 0 aromatic heterocycles. The van der Waals surface area contributed by atoms with Crippen LogP contribution < -0.4 is 4.74 Å². The zero-order valence-corrected chi connectivity index (χ0v) is 17.3. The van der Waals surface area contributed by atoms with Gasteiger partial charge < -0.3 is 38.6 Å². The van der Waals surface area contributed by atoms with Crippen molar-refractivity contribution < 1.29 is 43.4 Å². The Morgan fingerprint density at radius 3 is 2.70 bits per heavy atom. The van der Waals surface area contributed by atoms with Gasteiger partial charge in [-0.2, -0.15) is 0 Å². The SMILES string of the molecule is CCO[C@@H]1C[C@H]2[C@H](OC(=O)c3ccc(O)c(OC)c3)[C@@H]3O[C@]3(CO)[C@H]2[C@@H](OCC)O1. The molecule has 0 spiro atoms. The molecule has 0 amide bonds. The topological polar surface area (TPSA) is 116 Å². The number of epoxide rings is 1. The first-order valence-corrected chi connectivity index (χ1v) is 10.2. The van der Waals surface area contributed by atoms with Crippen LogP contribution in [0, 0.1) is 11.8 Å². The molecule has 1 aliphatic carbocycles. The van der Waals surface area contributed by atoms with E-state index < -0.39 is 36.4 Å². The third-order valence-corrected chi connectivity index (χ3v) is 6.15. The number of esters is 1. The third-order valence-electron chi connectivity index (χ3n) is 6.15. The summed E-state index contributed by atoms with van der Waals surface area (Å²) in [7, 11) is 1.41. The quantitative estimate of drug-likeness (QED) is 0.472. The number of aliphatic hydroxyl groups excluding tert-OH is 1. The van der Waals surface area contributed by atoms with Crippen molar-refractivity contribution in [2.24, 2.45) is 11.8 Å². The Labute approximate surface area is 174 Å². The van der Waals surface area contributed by atoms with Gasteiger partial charge in [-0.1, -0.05) is 0 Å². The summed E-state index contributed by atoms with van der Waals surface area (Å²) in [6.07, 6.45) is -1.63. The van der Waals surface area contributed by atoms with E-state index in [0.717, 1.165) is 0 Å². The number of methoxy groups -OCH3 is 1. The van der Waals surface area contributed by atoms with Gasteiger partial charge in [0.25, 0.3) is 0 Å². The molecular formula is C21H28O9. The van der Waals surface area contributed by atoms with Gasteiger partial charge in [0, 0.05) is 25.6 Å². The standard InChI is InChI=1S/C21H28O9/c1-4-26-15-9-12-16(20(28-15)27-5-2)21(10-22)18(30-21)17(12)29-19(24)11-6-7-13(23)14(8-11)25-3/h6-8,12,15-18,20,22-23H,4-5,9-10H2,1-3H3/t12-,15+,16-,17+,18+,20+,21-/m1/s1. The smallest absolute Gasteiger partial charge is 0.338 e. The zero-order chi connectivity index (χ0) is 21.5. The lowest BCUT2D eigenvalue weighted by molar-refractivity contribution is -0.309. The van der Waals surface area contributed by atoms with Gasteiger partial charge >= 0.3 is 5.97 Å². The highest BCUT2D eigenvalue weighted by Gasteiger charge is 2.77. The van der Waals surface area contributed by atoms with Crippen molar-refractivity contribution in [1.82, 2.24) is 0 Å². The Balaban J connectivity index is 1.58. The lowest BCUT2D eigenvalue weighted by atomic mass is 9.82. The lowest BCUT2D eigenvalue weighted by Crippen LogP contribution is -2.50. The number of carbonyl (C=O) groups is 1. The highest BCUT2D eigenvalue weighted by Crippen LogP contribution is 2.61. The first kappa shape index (κ1) is 21.3. The van der Waals surface area contributed by atoms with E-state index >= 15 is 0 Å². The maximum Gasteiger partial charge on any atom is 0.338 e. The van der Waals surface area contributed by atoms with Gasteiger partial charge in [-0.05, 0) is 32.0 Å². The molecule has 1 saturated carbocycles. The maximum absolute atomic E-state index is 12.9. The summed E-state index contributed by atoms with van der Waals surface area (Å²) >= 11 is 0. The number of hydrogen-bond acceptors (Lipinski definition) is 9. The number of rotatable bonds is 8. The molecule has 9 nitrogen and oxygen atoms in total. The minimum Gasteiger partial charge on any atom is -0.504 e. The van der Waals surface area contributed by atoms with Gasteiger partial charge in [0.1, 0.15) is 17.8 Å². The second kappa shape index (κ2) is 8.32.